The first-order chi connectivity index (χ1) is 9.43. The van der Waals surface area contributed by atoms with Gasteiger partial charge < -0.3 is 15.3 Å². The van der Waals surface area contributed by atoms with Crippen LogP contribution in [-0.4, -0.2) is 48.1 Å². The molecule has 2 aliphatic heterocycles. The number of rotatable bonds is 3. The number of amides is 1. The summed E-state index contributed by atoms with van der Waals surface area (Å²) in [7, 11) is 0. The van der Waals surface area contributed by atoms with Gasteiger partial charge in [0.1, 0.15) is 0 Å². The lowest BCUT2D eigenvalue weighted by molar-refractivity contribution is -0.158. The third-order valence-electron chi connectivity index (χ3n) is 5.22. The van der Waals surface area contributed by atoms with Crippen LogP contribution in [0.5, 0.6) is 0 Å². The summed E-state index contributed by atoms with van der Waals surface area (Å²) in [5, 5.41) is 12.8. The Morgan fingerprint density at radius 3 is 2.45 bits per heavy atom. The van der Waals surface area contributed by atoms with Gasteiger partial charge in [-0.2, -0.15) is 0 Å². The zero-order chi connectivity index (χ0) is 14.8. The first kappa shape index (κ1) is 15.3. The van der Waals surface area contributed by atoms with Crippen LogP contribution in [0.1, 0.15) is 46.0 Å². The van der Waals surface area contributed by atoms with Crippen molar-refractivity contribution >= 4 is 11.9 Å². The lowest BCUT2D eigenvalue weighted by atomic mass is 9.75. The summed E-state index contributed by atoms with van der Waals surface area (Å²) in [6.45, 7) is 6.76. The fourth-order valence-electron chi connectivity index (χ4n) is 3.49. The molecule has 0 saturated carbocycles. The van der Waals surface area contributed by atoms with E-state index in [4.69, 9.17) is 0 Å². The largest absolute Gasteiger partial charge is 0.481 e. The van der Waals surface area contributed by atoms with Gasteiger partial charge in [-0.25, -0.2) is 0 Å². The molecular formula is C15H26N2O3. The third-order valence-corrected chi connectivity index (χ3v) is 5.22. The Hall–Kier alpha value is -1.10. The summed E-state index contributed by atoms with van der Waals surface area (Å²) in [6.07, 6.45) is 3.74. The second-order valence-electron chi connectivity index (χ2n) is 6.58. The first-order valence-corrected chi connectivity index (χ1v) is 7.67. The quantitative estimate of drug-likeness (QED) is 0.822. The highest BCUT2D eigenvalue weighted by atomic mass is 16.4. The van der Waals surface area contributed by atoms with E-state index in [1.807, 2.05) is 18.7 Å². The second kappa shape index (κ2) is 5.72. The number of nitrogens with zero attached hydrogens (tertiary/aromatic N) is 1. The van der Waals surface area contributed by atoms with Crippen LogP contribution in [0, 0.1) is 10.8 Å². The number of nitrogens with one attached hydrogen (secondary N) is 1. The lowest BCUT2D eigenvalue weighted by Crippen LogP contribution is -2.54. The maximum atomic E-state index is 12.8. The van der Waals surface area contributed by atoms with Crippen molar-refractivity contribution in [2.24, 2.45) is 10.8 Å². The van der Waals surface area contributed by atoms with E-state index in [-0.39, 0.29) is 11.3 Å². The molecule has 1 atom stereocenters. The number of hydrogen-bond donors (Lipinski definition) is 2. The molecule has 5 nitrogen and oxygen atoms in total. The molecule has 0 spiro atoms. The summed E-state index contributed by atoms with van der Waals surface area (Å²) < 4.78 is 0. The molecule has 2 saturated heterocycles. The maximum absolute atomic E-state index is 12.8. The Morgan fingerprint density at radius 1 is 1.25 bits per heavy atom. The smallest absolute Gasteiger partial charge is 0.311 e. The van der Waals surface area contributed by atoms with Crippen molar-refractivity contribution in [2.75, 3.05) is 26.2 Å². The van der Waals surface area contributed by atoms with Gasteiger partial charge in [0.05, 0.1) is 5.41 Å². The summed E-state index contributed by atoms with van der Waals surface area (Å²) in [5.41, 5.74) is -1.06. The molecule has 2 aliphatic rings. The highest BCUT2D eigenvalue weighted by Gasteiger charge is 2.45. The van der Waals surface area contributed by atoms with Crippen molar-refractivity contribution in [3.05, 3.63) is 0 Å². The molecular weight excluding hydrogens is 256 g/mol. The minimum Gasteiger partial charge on any atom is -0.481 e. The predicted octanol–water partition coefficient (Wildman–Crippen LogP) is 1.48. The number of carboxylic acid groups (broad SMARTS) is 1. The van der Waals surface area contributed by atoms with E-state index < -0.39 is 11.4 Å². The molecule has 0 aromatic heterocycles. The number of aliphatic carboxylic acids is 1. The van der Waals surface area contributed by atoms with Crippen LogP contribution in [0.2, 0.25) is 0 Å². The standard InChI is InChI=1S/C15H26N2O3/c1-3-15(13(19)20)5-4-10-17(11-15)12(18)14(2)6-8-16-9-7-14/h16H,3-11H2,1-2H3,(H,19,20). The van der Waals surface area contributed by atoms with E-state index >= 15 is 0 Å². The van der Waals surface area contributed by atoms with Crippen LogP contribution in [0.3, 0.4) is 0 Å². The van der Waals surface area contributed by atoms with Crippen LogP contribution in [0.15, 0.2) is 0 Å². The van der Waals surface area contributed by atoms with Crippen LogP contribution in [-0.2, 0) is 9.59 Å². The van der Waals surface area contributed by atoms with Crippen LogP contribution >= 0.6 is 0 Å². The Kier molecular flexibility index (Phi) is 4.37. The van der Waals surface area contributed by atoms with E-state index in [9.17, 15) is 14.7 Å². The van der Waals surface area contributed by atoms with Crippen LogP contribution in [0.25, 0.3) is 0 Å². The Bertz CT molecular complexity index is 391. The minimum absolute atomic E-state index is 0.151. The summed E-state index contributed by atoms with van der Waals surface area (Å²) in [5.74, 6) is -0.606. The molecule has 0 aromatic carbocycles. The molecule has 2 rings (SSSR count). The first-order valence-electron chi connectivity index (χ1n) is 7.67. The highest BCUT2D eigenvalue weighted by Crippen LogP contribution is 2.37. The number of likely N-dealkylation sites (tertiary alicyclic amines) is 1. The molecule has 114 valence electrons. The van der Waals surface area contributed by atoms with Gasteiger partial charge in [0, 0.05) is 18.5 Å². The van der Waals surface area contributed by atoms with Crippen LogP contribution < -0.4 is 5.32 Å². The molecule has 1 amide bonds. The molecule has 0 aliphatic carbocycles. The molecule has 0 radical (unpaired) electrons. The fraction of sp³-hybridized carbons (Fsp3) is 0.867. The molecule has 5 heteroatoms. The van der Waals surface area contributed by atoms with Crippen molar-refractivity contribution in [2.45, 2.75) is 46.0 Å². The van der Waals surface area contributed by atoms with Gasteiger partial charge >= 0.3 is 5.97 Å². The van der Waals surface area contributed by atoms with Crippen LogP contribution in [0.4, 0.5) is 0 Å². The van der Waals surface area contributed by atoms with Gasteiger partial charge in [-0.1, -0.05) is 13.8 Å². The molecule has 0 bridgehead atoms. The van der Waals surface area contributed by atoms with Crippen molar-refractivity contribution in [3.8, 4) is 0 Å². The molecule has 1 unspecified atom stereocenters. The monoisotopic (exact) mass is 282 g/mol. The summed E-state index contributed by atoms with van der Waals surface area (Å²) in [4.78, 5) is 26.2. The summed E-state index contributed by atoms with van der Waals surface area (Å²) in [6, 6.07) is 0. The average molecular weight is 282 g/mol. The average Bonchev–Trinajstić information content (AvgIpc) is 2.47. The molecule has 2 N–H and O–H groups in total. The van der Waals surface area contributed by atoms with E-state index in [0.717, 1.165) is 32.4 Å². The Morgan fingerprint density at radius 2 is 1.90 bits per heavy atom. The van der Waals surface area contributed by atoms with Gasteiger partial charge in [0.15, 0.2) is 0 Å². The van der Waals surface area contributed by atoms with Crippen molar-refractivity contribution in [1.82, 2.24) is 10.2 Å². The van der Waals surface area contributed by atoms with E-state index in [2.05, 4.69) is 5.32 Å². The fourth-order valence-corrected chi connectivity index (χ4v) is 3.49. The third kappa shape index (κ3) is 2.68. The second-order valence-corrected chi connectivity index (χ2v) is 6.58. The Labute approximate surface area is 120 Å². The van der Waals surface area contributed by atoms with Crippen molar-refractivity contribution < 1.29 is 14.7 Å². The maximum Gasteiger partial charge on any atom is 0.311 e. The van der Waals surface area contributed by atoms with Gasteiger partial charge in [0.2, 0.25) is 5.91 Å². The number of hydrogen-bond acceptors (Lipinski definition) is 3. The van der Waals surface area contributed by atoms with Crippen molar-refractivity contribution in [3.63, 3.8) is 0 Å². The molecule has 2 heterocycles. The van der Waals surface area contributed by atoms with Gasteiger partial charge in [-0.05, 0) is 45.2 Å². The highest BCUT2D eigenvalue weighted by molar-refractivity contribution is 5.84. The zero-order valence-corrected chi connectivity index (χ0v) is 12.6. The number of carbonyl (C=O) groups is 2. The van der Waals surface area contributed by atoms with E-state index in [1.54, 1.807) is 0 Å². The predicted molar refractivity (Wildman–Crippen MR) is 76.4 cm³/mol. The van der Waals surface area contributed by atoms with E-state index in [0.29, 0.717) is 25.9 Å². The Balaban J connectivity index is 2.12. The number of carboxylic acids is 1. The van der Waals surface area contributed by atoms with Gasteiger partial charge in [-0.15, -0.1) is 0 Å². The molecule has 20 heavy (non-hydrogen) atoms. The summed E-state index contributed by atoms with van der Waals surface area (Å²) >= 11 is 0. The van der Waals surface area contributed by atoms with Gasteiger partial charge in [-0.3, -0.25) is 9.59 Å². The normalized spacial score (nSPS) is 30.0. The van der Waals surface area contributed by atoms with E-state index in [1.165, 1.54) is 0 Å². The molecule has 0 aromatic rings. The van der Waals surface area contributed by atoms with Crippen molar-refractivity contribution in [1.29, 1.82) is 0 Å². The van der Waals surface area contributed by atoms with Gasteiger partial charge in [0.25, 0.3) is 0 Å². The zero-order valence-electron chi connectivity index (χ0n) is 12.6. The number of piperidine rings is 2. The SMILES string of the molecule is CCC1(C(=O)O)CCCN(C(=O)C2(C)CCNCC2)C1. The topological polar surface area (TPSA) is 69.6 Å². The molecule has 2 fully saturated rings. The lowest BCUT2D eigenvalue weighted by Gasteiger charge is -2.44. The number of carbonyl (C=O) groups excluding carboxylic acids is 1. The minimum atomic E-state index is -0.757.